The first-order chi connectivity index (χ1) is 9.40. The highest BCUT2D eigenvalue weighted by molar-refractivity contribution is 7.89. The van der Waals surface area contributed by atoms with Crippen LogP contribution in [0.3, 0.4) is 0 Å². The van der Waals surface area contributed by atoms with Crippen LogP contribution < -0.4 is 15.4 Å². The van der Waals surface area contributed by atoms with Gasteiger partial charge in [0.15, 0.2) is 0 Å². The SMILES string of the molecule is CCCNS(=O)(=O)c1ccc(NC(C)C(=O)NC)cc1. The molecule has 0 saturated heterocycles. The normalized spacial score (nSPS) is 12.8. The maximum absolute atomic E-state index is 11.9. The van der Waals surface area contributed by atoms with Crippen LogP contribution >= 0.6 is 0 Å². The van der Waals surface area contributed by atoms with Gasteiger partial charge in [0.2, 0.25) is 15.9 Å². The number of amides is 1. The maximum Gasteiger partial charge on any atom is 0.241 e. The number of carbonyl (C=O) groups is 1. The molecule has 1 aromatic carbocycles. The second kappa shape index (κ2) is 7.25. The van der Waals surface area contributed by atoms with E-state index < -0.39 is 10.0 Å². The standard InChI is InChI=1S/C13H21N3O3S/c1-4-9-15-20(18,19)12-7-5-11(6-8-12)16-10(2)13(17)14-3/h5-8,10,15-16H,4,9H2,1-3H3,(H,14,17). The van der Waals surface area contributed by atoms with Crippen molar-refractivity contribution in [2.75, 3.05) is 18.9 Å². The molecule has 0 radical (unpaired) electrons. The van der Waals surface area contributed by atoms with E-state index in [2.05, 4.69) is 15.4 Å². The minimum atomic E-state index is -3.45. The predicted octanol–water partition coefficient (Wildman–Crippen LogP) is 0.921. The molecule has 7 heteroatoms. The van der Waals surface area contributed by atoms with E-state index in [1.807, 2.05) is 6.92 Å². The first-order valence-electron chi connectivity index (χ1n) is 6.48. The van der Waals surface area contributed by atoms with Crippen LogP contribution in [0.1, 0.15) is 20.3 Å². The Morgan fingerprint density at radius 1 is 1.25 bits per heavy atom. The fourth-order valence-electron chi connectivity index (χ4n) is 1.58. The molecule has 0 aliphatic rings. The van der Waals surface area contributed by atoms with Gasteiger partial charge in [-0.1, -0.05) is 6.92 Å². The summed E-state index contributed by atoms with van der Waals surface area (Å²) in [5.41, 5.74) is 0.690. The van der Waals surface area contributed by atoms with E-state index in [4.69, 9.17) is 0 Å². The zero-order valence-corrected chi connectivity index (χ0v) is 12.8. The van der Waals surface area contributed by atoms with Crippen LogP contribution in [-0.4, -0.2) is 34.0 Å². The van der Waals surface area contributed by atoms with Crippen molar-refractivity contribution < 1.29 is 13.2 Å². The van der Waals surface area contributed by atoms with Gasteiger partial charge in [-0.3, -0.25) is 4.79 Å². The summed E-state index contributed by atoms with van der Waals surface area (Å²) < 4.78 is 26.3. The highest BCUT2D eigenvalue weighted by Crippen LogP contribution is 2.14. The number of benzene rings is 1. The van der Waals surface area contributed by atoms with E-state index >= 15 is 0 Å². The highest BCUT2D eigenvalue weighted by atomic mass is 32.2. The minimum absolute atomic E-state index is 0.133. The fraction of sp³-hybridized carbons (Fsp3) is 0.462. The lowest BCUT2D eigenvalue weighted by atomic mass is 10.2. The molecule has 1 amide bonds. The summed E-state index contributed by atoms with van der Waals surface area (Å²) in [5.74, 6) is -0.133. The summed E-state index contributed by atoms with van der Waals surface area (Å²) in [5, 5.41) is 5.52. The second-order valence-electron chi connectivity index (χ2n) is 4.40. The molecule has 0 saturated carbocycles. The molecule has 0 heterocycles. The number of nitrogens with one attached hydrogen (secondary N) is 3. The van der Waals surface area contributed by atoms with Gasteiger partial charge in [-0.2, -0.15) is 0 Å². The molecule has 1 atom stereocenters. The summed E-state index contributed by atoms with van der Waals surface area (Å²) in [4.78, 5) is 11.6. The molecule has 1 aromatic rings. The summed E-state index contributed by atoms with van der Waals surface area (Å²) in [7, 11) is -1.88. The monoisotopic (exact) mass is 299 g/mol. The van der Waals surface area contributed by atoms with Crippen LogP contribution in [0.15, 0.2) is 29.2 Å². The van der Waals surface area contributed by atoms with Gasteiger partial charge in [-0.25, -0.2) is 13.1 Å². The lowest BCUT2D eigenvalue weighted by Gasteiger charge is -2.14. The Bertz CT molecular complexity index is 540. The van der Waals surface area contributed by atoms with Crippen molar-refractivity contribution in [3.05, 3.63) is 24.3 Å². The number of likely N-dealkylation sites (N-methyl/N-ethyl adjacent to an activating group) is 1. The number of sulfonamides is 1. The van der Waals surface area contributed by atoms with Crippen molar-refractivity contribution in [3.8, 4) is 0 Å². The Morgan fingerprint density at radius 3 is 2.35 bits per heavy atom. The Balaban J connectivity index is 2.76. The van der Waals surface area contributed by atoms with Gasteiger partial charge >= 0.3 is 0 Å². The predicted molar refractivity (Wildman–Crippen MR) is 79.1 cm³/mol. The van der Waals surface area contributed by atoms with Crippen molar-refractivity contribution in [2.24, 2.45) is 0 Å². The molecular formula is C13H21N3O3S. The van der Waals surface area contributed by atoms with Crippen molar-refractivity contribution in [2.45, 2.75) is 31.2 Å². The van der Waals surface area contributed by atoms with Crippen molar-refractivity contribution in [1.29, 1.82) is 0 Å². The molecule has 3 N–H and O–H groups in total. The Morgan fingerprint density at radius 2 is 1.85 bits per heavy atom. The largest absolute Gasteiger partial charge is 0.374 e. The Labute approximate surface area is 120 Å². The molecule has 0 fully saturated rings. The molecule has 112 valence electrons. The third kappa shape index (κ3) is 4.50. The number of hydrogen-bond acceptors (Lipinski definition) is 4. The summed E-state index contributed by atoms with van der Waals surface area (Å²) in [6.07, 6.45) is 0.739. The second-order valence-corrected chi connectivity index (χ2v) is 6.17. The molecule has 1 rings (SSSR count). The van der Waals surface area contributed by atoms with Crippen LogP contribution in [-0.2, 0) is 14.8 Å². The molecule has 6 nitrogen and oxygen atoms in total. The van der Waals surface area contributed by atoms with Crippen LogP contribution in [0.5, 0.6) is 0 Å². The van der Waals surface area contributed by atoms with Crippen molar-refractivity contribution in [1.82, 2.24) is 10.0 Å². The first-order valence-corrected chi connectivity index (χ1v) is 7.97. The zero-order valence-electron chi connectivity index (χ0n) is 11.9. The van der Waals surface area contributed by atoms with Gasteiger partial charge in [0.25, 0.3) is 0 Å². The maximum atomic E-state index is 11.9. The van der Waals surface area contributed by atoms with E-state index in [-0.39, 0.29) is 16.8 Å². The molecule has 1 unspecified atom stereocenters. The number of carbonyl (C=O) groups excluding carboxylic acids is 1. The smallest absolute Gasteiger partial charge is 0.241 e. The van der Waals surface area contributed by atoms with E-state index in [0.29, 0.717) is 12.2 Å². The molecule has 20 heavy (non-hydrogen) atoms. The van der Waals surface area contributed by atoms with Gasteiger partial charge in [0.1, 0.15) is 6.04 Å². The average Bonchev–Trinajstić information content (AvgIpc) is 2.44. The van der Waals surface area contributed by atoms with Crippen molar-refractivity contribution >= 4 is 21.6 Å². The van der Waals surface area contributed by atoms with E-state index in [1.165, 1.54) is 12.1 Å². The fourth-order valence-corrected chi connectivity index (χ4v) is 2.72. The summed E-state index contributed by atoms with van der Waals surface area (Å²) in [6, 6.07) is 5.91. The molecule has 0 spiro atoms. The Kier molecular flexibility index (Phi) is 5.97. The van der Waals surface area contributed by atoms with Crippen LogP contribution in [0.2, 0.25) is 0 Å². The van der Waals surface area contributed by atoms with Crippen LogP contribution in [0.25, 0.3) is 0 Å². The van der Waals surface area contributed by atoms with Crippen LogP contribution in [0, 0.1) is 0 Å². The topological polar surface area (TPSA) is 87.3 Å². The minimum Gasteiger partial charge on any atom is -0.374 e. The lowest BCUT2D eigenvalue weighted by Crippen LogP contribution is -2.35. The van der Waals surface area contributed by atoms with Gasteiger partial charge in [0, 0.05) is 19.3 Å². The molecule has 0 aliphatic carbocycles. The van der Waals surface area contributed by atoms with E-state index in [1.54, 1.807) is 26.1 Å². The summed E-state index contributed by atoms with van der Waals surface area (Å²) >= 11 is 0. The van der Waals surface area contributed by atoms with Gasteiger partial charge < -0.3 is 10.6 Å². The molecular weight excluding hydrogens is 278 g/mol. The van der Waals surface area contributed by atoms with Gasteiger partial charge in [-0.15, -0.1) is 0 Å². The third-order valence-electron chi connectivity index (χ3n) is 2.73. The van der Waals surface area contributed by atoms with Gasteiger partial charge in [0.05, 0.1) is 4.90 Å². The van der Waals surface area contributed by atoms with Gasteiger partial charge in [-0.05, 0) is 37.6 Å². The van der Waals surface area contributed by atoms with Crippen molar-refractivity contribution in [3.63, 3.8) is 0 Å². The lowest BCUT2D eigenvalue weighted by molar-refractivity contribution is -0.121. The third-order valence-corrected chi connectivity index (χ3v) is 4.21. The molecule has 0 bridgehead atoms. The first kappa shape index (κ1) is 16.5. The number of hydrogen-bond donors (Lipinski definition) is 3. The van der Waals surface area contributed by atoms with E-state index in [9.17, 15) is 13.2 Å². The summed E-state index contributed by atoms with van der Waals surface area (Å²) in [6.45, 7) is 4.04. The highest BCUT2D eigenvalue weighted by Gasteiger charge is 2.14. The molecule has 0 aromatic heterocycles. The quantitative estimate of drug-likeness (QED) is 0.699. The zero-order chi connectivity index (χ0) is 15.2. The van der Waals surface area contributed by atoms with E-state index in [0.717, 1.165) is 6.42 Å². The Hall–Kier alpha value is -1.60. The number of anilines is 1. The van der Waals surface area contributed by atoms with Crippen LogP contribution in [0.4, 0.5) is 5.69 Å². The molecule has 0 aliphatic heterocycles. The average molecular weight is 299 g/mol. The number of rotatable bonds is 7.